The van der Waals surface area contributed by atoms with E-state index in [1.165, 1.54) is 43.4 Å². The number of rotatable bonds is 4. The molecule has 0 bridgehead atoms. The van der Waals surface area contributed by atoms with Crippen LogP contribution >= 0.6 is 11.3 Å². The molecule has 2 amide bonds. The van der Waals surface area contributed by atoms with Gasteiger partial charge in [0.15, 0.2) is 0 Å². The second kappa shape index (κ2) is 8.78. The topological polar surface area (TPSA) is 72.9 Å². The van der Waals surface area contributed by atoms with Gasteiger partial charge in [0, 0.05) is 51.7 Å². The van der Waals surface area contributed by atoms with Crippen LogP contribution in [0.1, 0.15) is 57.8 Å². The third-order valence-corrected chi connectivity index (χ3v) is 8.19. The van der Waals surface area contributed by atoms with Gasteiger partial charge < -0.3 is 9.80 Å². The summed E-state index contributed by atoms with van der Waals surface area (Å²) in [4.78, 5) is 33.9. The molecule has 164 valence electrons. The normalized spacial score (nSPS) is 26.7. The van der Waals surface area contributed by atoms with Crippen LogP contribution in [-0.4, -0.2) is 83.2 Å². The molecule has 8 nitrogen and oxygen atoms in total. The van der Waals surface area contributed by atoms with Crippen LogP contribution in [0.25, 0.3) is 0 Å². The van der Waals surface area contributed by atoms with Crippen LogP contribution in [0.15, 0.2) is 0 Å². The highest BCUT2D eigenvalue weighted by Crippen LogP contribution is 2.34. The van der Waals surface area contributed by atoms with Crippen molar-refractivity contribution in [2.24, 2.45) is 0 Å². The average Bonchev–Trinajstić information content (AvgIpc) is 3.54. The Bertz CT molecular complexity index is 771. The SMILES string of the molecule is O=C([C@H]1CCCN1c1nnc(N2CCCC2=O)s1)N1CCN(C2CCCCC2)CC1. The number of piperazine rings is 1. The molecule has 4 aliphatic rings. The lowest BCUT2D eigenvalue weighted by molar-refractivity contribution is -0.134. The lowest BCUT2D eigenvalue weighted by Crippen LogP contribution is -2.55. The summed E-state index contributed by atoms with van der Waals surface area (Å²) in [6.07, 6.45) is 10.1. The largest absolute Gasteiger partial charge is 0.338 e. The fourth-order valence-corrected chi connectivity index (χ4v) is 6.47. The summed E-state index contributed by atoms with van der Waals surface area (Å²) in [6.45, 7) is 5.24. The van der Waals surface area contributed by atoms with E-state index in [4.69, 9.17) is 0 Å². The first kappa shape index (κ1) is 20.2. The molecule has 1 aliphatic carbocycles. The first-order chi connectivity index (χ1) is 14.7. The molecular weight excluding hydrogens is 400 g/mol. The highest BCUT2D eigenvalue weighted by Gasteiger charge is 2.38. The summed E-state index contributed by atoms with van der Waals surface area (Å²) in [6, 6.07) is 0.591. The summed E-state index contributed by atoms with van der Waals surface area (Å²) >= 11 is 1.45. The Morgan fingerprint density at radius 3 is 2.33 bits per heavy atom. The van der Waals surface area contributed by atoms with Gasteiger partial charge in [0.25, 0.3) is 0 Å². The molecule has 3 aliphatic heterocycles. The highest BCUT2D eigenvalue weighted by atomic mass is 32.1. The molecule has 1 aromatic rings. The second-order valence-electron chi connectivity index (χ2n) is 9.02. The number of anilines is 2. The lowest BCUT2D eigenvalue weighted by Gasteiger charge is -2.41. The number of hydrogen-bond donors (Lipinski definition) is 0. The molecule has 0 spiro atoms. The fraction of sp³-hybridized carbons (Fsp3) is 0.810. The Morgan fingerprint density at radius 1 is 0.833 bits per heavy atom. The molecule has 5 rings (SSSR count). The maximum absolute atomic E-state index is 13.3. The van der Waals surface area contributed by atoms with E-state index in [2.05, 4.69) is 24.9 Å². The van der Waals surface area contributed by atoms with Crippen molar-refractivity contribution in [1.82, 2.24) is 20.0 Å². The molecule has 0 aromatic carbocycles. The zero-order chi connectivity index (χ0) is 20.5. The van der Waals surface area contributed by atoms with Crippen molar-refractivity contribution >= 4 is 33.4 Å². The van der Waals surface area contributed by atoms with Gasteiger partial charge in [-0.25, -0.2) is 0 Å². The summed E-state index contributed by atoms with van der Waals surface area (Å²) in [5.74, 6) is 0.368. The molecule has 1 aromatic heterocycles. The number of aromatic nitrogens is 2. The van der Waals surface area contributed by atoms with E-state index < -0.39 is 0 Å². The monoisotopic (exact) mass is 432 g/mol. The number of amides is 2. The number of hydrogen-bond acceptors (Lipinski definition) is 7. The standard InChI is InChI=1S/C21H32N6O2S/c28-18-9-5-11-27(18)21-23-22-20(30-21)26-10-4-8-17(26)19(29)25-14-12-24(13-15-25)16-6-2-1-3-7-16/h16-17H,1-15H2/t17-/m1/s1. The summed E-state index contributed by atoms with van der Waals surface area (Å²) in [7, 11) is 0. The molecule has 1 saturated carbocycles. The van der Waals surface area contributed by atoms with Crippen LogP contribution in [0.2, 0.25) is 0 Å². The fourth-order valence-electron chi connectivity index (χ4n) is 5.50. The van der Waals surface area contributed by atoms with E-state index in [0.717, 1.165) is 69.7 Å². The van der Waals surface area contributed by atoms with Crippen LogP contribution in [0.4, 0.5) is 10.3 Å². The Hall–Kier alpha value is -1.74. The number of carbonyl (C=O) groups is 2. The van der Waals surface area contributed by atoms with E-state index in [1.54, 1.807) is 4.90 Å². The van der Waals surface area contributed by atoms with Gasteiger partial charge in [-0.2, -0.15) is 0 Å². The van der Waals surface area contributed by atoms with Crippen LogP contribution in [0.3, 0.4) is 0 Å². The van der Waals surface area contributed by atoms with Crippen LogP contribution in [0, 0.1) is 0 Å². The Balaban J connectivity index is 1.20. The first-order valence-corrected chi connectivity index (χ1v) is 12.5. The van der Waals surface area contributed by atoms with Gasteiger partial charge in [0.1, 0.15) is 6.04 Å². The molecular formula is C21H32N6O2S. The zero-order valence-electron chi connectivity index (χ0n) is 17.7. The van der Waals surface area contributed by atoms with Gasteiger partial charge >= 0.3 is 0 Å². The summed E-state index contributed by atoms with van der Waals surface area (Å²) in [5, 5.41) is 10.1. The molecule has 1 atom stereocenters. The van der Waals surface area contributed by atoms with E-state index >= 15 is 0 Å². The van der Waals surface area contributed by atoms with Crippen molar-refractivity contribution < 1.29 is 9.59 Å². The average molecular weight is 433 g/mol. The van der Waals surface area contributed by atoms with E-state index in [9.17, 15) is 9.59 Å². The van der Waals surface area contributed by atoms with Crippen LogP contribution in [0.5, 0.6) is 0 Å². The zero-order valence-corrected chi connectivity index (χ0v) is 18.5. The Morgan fingerprint density at radius 2 is 1.60 bits per heavy atom. The van der Waals surface area contributed by atoms with Gasteiger partial charge in [0.2, 0.25) is 22.1 Å². The van der Waals surface area contributed by atoms with E-state index in [0.29, 0.717) is 11.6 Å². The lowest BCUT2D eigenvalue weighted by atomic mass is 9.94. The third-order valence-electron chi connectivity index (χ3n) is 7.21. The van der Waals surface area contributed by atoms with Crippen molar-refractivity contribution in [2.45, 2.75) is 69.9 Å². The van der Waals surface area contributed by atoms with Crippen molar-refractivity contribution in [3.05, 3.63) is 0 Å². The van der Waals surface area contributed by atoms with Gasteiger partial charge in [-0.1, -0.05) is 30.6 Å². The predicted molar refractivity (Wildman–Crippen MR) is 117 cm³/mol. The number of nitrogens with zero attached hydrogens (tertiary/aromatic N) is 6. The quantitative estimate of drug-likeness (QED) is 0.726. The highest BCUT2D eigenvalue weighted by molar-refractivity contribution is 7.19. The smallest absolute Gasteiger partial charge is 0.245 e. The molecule has 4 heterocycles. The van der Waals surface area contributed by atoms with E-state index in [-0.39, 0.29) is 17.9 Å². The van der Waals surface area contributed by atoms with Gasteiger partial charge in [-0.15, -0.1) is 10.2 Å². The minimum Gasteiger partial charge on any atom is -0.338 e. The maximum atomic E-state index is 13.3. The molecule has 30 heavy (non-hydrogen) atoms. The summed E-state index contributed by atoms with van der Waals surface area (Å²) in [5.41, 5.74) is 0. The molecule has 0 radical (unpaired) electrons. The van der Waals surface area contributed by atoms with Gasteiger partial charge in [-0.3, -0.25) is 19.4 Å². The van der Waals surface area contributed by atoms with Crippen molar-refractivity contribution in [1.29, 1.82) is 0 Å². The van der Waals surface area contributed by atoms with Crippen molar-refractivity contribution in [2.75, 3.05) is 49.1 Å². The van der Waals surface area contributed by atoms with Crippen molar-refractivity contribution in [3.8, 4) is 0 Å². The predicted octanol–water partition coefficient (Wildman–Crippen LogP) is 2.11. The van der Waals surface area contributed by atoms with Gasteiger partial charge in [0.05, 0.1) is 0 Å². The molecule has 4 fully saturated rings. The molecule has 9 heteroatoms. The molecule has 0 unspecified atom stereocenters. The Kier molecular flexibility index (Phi) is 5.91. The maximum Gasteiger partial charge on any atom is 0.245 e. The van der Waals surface area contributed by atoms with Crippen molar-refractivity contribution in [3.63, 3.8) is 0 Å². The van der Waals surface area contributed by atoms with E-state index in [1.807, 2.05) is 0 Å². The minimum absolute atomic E-state index is 0.127. The van der Waals surface area contributed by atoms with Crippen LogP contribution < -0.4 is 9.80 Å². The summed E-state index contributed by atoms with van der Waals surface area (Å²) < 4.78 is 0. The van der Waals surface area contributed by atoms with Gasteiger partial charge in [-0.05, 0) is 32.1 Å². The molecule has 3 saturated heterocycles. The minimum atomic E-state index is -0.138. The Labute approximate surface area is 182 Å². The second-order valence-corrected chi connectivity index (χ2v) is 9.96. The molecule has 0 N–H and O–H groups in total. The number of carbonyl (C=O) groups excluding carboxylic acids is 2. The third kappa shape index (κ3) is 3.93. The first-order valence-electron chi connectivity index (χ1n) is 11.6. The van der Waals surface area contributed by atoms with Crippen LogP contribution in [-0.2, 0) is 9.59 Å².